The molecule has 0 amide bonds. The number of rotatable bonds is 8. The summed E-state index contributed by atoms with van der Waals surface area (Å²) < 4.78 is 5.30. The number of aliphatic hydroxyl groups is 1. The van der Waals surface area contributed by atoms with Gasteiger partial charge in [-0.15, -0.1) is 0 Å². The van der Waals surface area contributed by atoms with Crippen LogP contribution in [-0.2, 0) is 6.54 Å². The van der Waals surface area contributed by atoms with Gasteiger partial charge < -0.3 is 9.84 Å². The van der Waals surface area contributed by atoms with Crippen molar-refractivity contribution in [3.8, 4) is 5.75 Å². The largest absolute Gasteiger partial charge is 0.497 e. The molecule has 3 nitrogen and oxygen atoms in total. The Morgan fingerprint density at radius 3 is 2.39 bits per heavy atom. The molecule has 0 bridgehead atoms. The van der Waals surface area contributed by atoms with Crippen molar-refractivity contribution in [3.05, 3.63) is 65.7 Å². The molecule has 0 heterocycles. The monoisotopic (exact) mass is 313 g/mol. The summed E-state index contributed by atoms with van der Waals surface area (Å²) in [5.74, 6) is 1.42. The van der Waals surface area contributed by atoms with Gasteiger partial charge in [-0.05, 0) is 29.2 Å². The number of nitrogens with zero attached hydrogens (tertiary/aromatic N) is 1. The van der Waals surface area contributed by atoms with Gasteiger partial charge in [0.25, 0.3) is 0 Å². The minimum absolute atomic E-state index is 0.472. The molecule has 2 aromatic carbocycles. The Balaban J connectivity index is 2.07. The van der Waals surface area contributed by atoms with E-state index in [1.807, 2.05) is 42.5 Å². The summed E-state index contributed by atoms with van der Waals surface area (Å²) in [7, 11) is 1.68. The van der Waals surface area contributed by atoms with Crippen molar-refractivity contribution in [3.63, 3.8) is 0 Å². The molecule has 1 N–H and O–H groups in total. The average molecular weight is 313 g/mol. The molecule has 23 heavy (non-hydrogen) atoms. The average Bonchev–Trinajstić information content (AvgIpc) is 2.55. The number of aliphatic hydroxyl groups excluding tert-OH is 1. The van der Waals surface area contributed by atoms with E-state index in [9.17, 15) is 5.11 Å². The van der Waals surface area contributed by atoms with Crippen LogP contribution in [0.2, 0.25) is 0 Å². The minimum atomic E-state index is -0.472. The minimum Gasteiger partial charge on any atom is -0.497 e. The first-order valence-corrected chi connectivity index (χ1v) is 8.16. The van der Waals surface area contributed by atoms with Crippen LogP contribution < -0.4 is 4.74 Å². The second kappa shape index (κ2) is 8.70. The third kappa shape index (κ3) is 5.70. The van der Waals surface area contributed by atoms with E-state index in [0.717, 1.165) is 24.4 Å². The van der Waals surface area contributed by atoms with Gasteiger partial charge in [0.05, 0.1) is 13.2 Å². The number of methoxy groups -OCH3 is 1. The summed E-state index contributed by atoms with van der Waals surface area (Å²) in [5, 5.41) is 10.5. The van der Waals surface area contributed by atoms with Crippen LogP contribution in [0.3, 0.4) is 0 Å². The Labute approximate surface area is 139 Å². The van der Waals surface area contributed by atoms with Crippen LogP contribution in [0.5, 0.6) is 5.75 Å². The van der Waals surface area contributed by atoms with Crippen molar-refractivity contribution >= 4 is 0 Å². The highest BCUT2D eigenvalue weighted by molar-refractivity contribution is 5.28. The van der Waals surface area contributed by atoms with Crippen molar-refractivity contribution in [1.82, 2.24) is 4.90 Å². The summed E-state index contributed by atoms with van der Waals surface area (Å²) in [6.07, 6.45) is -0.472. The van der Waals surface area contributed by atoms with Gasteiger partial charge in [0.15, 0.2) is 0 Å². The van der Waals surface area contributed by atoms with Gasteiger partial charge in [0, 0.05) is 19.6 Å². The number of benzene rings is 2. The fourth-order valence-corrected chi connectivity index (χ4v) is 2.77. The molecule has 0 aliphatic carbocycles. The maximum atomic E-state index is 10.5. The number of hydrogen-bond acceptors (Lipinski definition) is 3. The second-order valence-corrected chi connectivity index (χ2v) is 6.37. The van der Waals surface area contributed by atoms with Crippen LogP contribution in [0.1, 0.15) is 31.1 Å². The van der Waals surface area contributed by atoms with Crippen LogP contribution >= 0.6 is 0 Å². The predicted octanol–water partition coefficient (Wildman–Crippen LogP) is 3.89. The smallest absolute Gasteiger partial charge is 0.119 e. The van der Waals surface area contributed by atoms with Crippen LogP contribution in [0.25, 0.3) is 0 Å². The molecular weight excluding hydrogens is 286 g/mol. The zero-order valence-corrected chi connectivity index (χ0v) is 14.3. The van der Waals surface area contributed by atoms with Gasteiger partial charge in [-0.2, -0.15) is 0 Å². The lowest BCUT2D eigenvalue weighted by molar-refractivity contribution is 0.102. The predicted molar refractivity (Wildman–Crippen MR) is 94.5 cm³/mol. The lowest BCUT2D eigenvalue weighted by Gasteiger charge is -2.27. The second-order valence-electron chi connectivity index (χ2n) is 6.37. The van der Waals surface area contributed by atoms with Gasteiger partial charge in [0.2, 0.25) is 0 Å². The van der Waals surface area contributed by atoms with E-state index in [1.54, 1.807) is 7.11 Å². The third-order valence-corrected chi connectivity index (χ3v) is 3.78. The molecule has 0 aliphatic heterocycles. The highest BCUT2D eigenvalue weighted by atomic mass is 16.5. The first kappa shape index (κ1) is 17.5. The summed E-state index contributed by atoms with van der Waals surface area (Å²) in [5.41, 5.74) is 2.16. The number of ether oxygens (including phenoxy) is 1. The molecule has 0 saturated heterocycles. The molecule has 124 valence electrons. The summed E-state index contributed by atoms with van der Waals surface area (Å²) >= 11 is 0. The van der Waals surface area contributed by atoms with E-state index >= 15 is 0 Å². The van der Waals surface area contributed by atoms with Crippen molar-refractivity contribution in [1.29, 1.82) is 0 Å². The molecule has 0 radical (unpaired) electrons. The zero-order chi connectivity index (χ0) is 16.7. The Hall–Kier alpha value is -1.84. The molecule has 0 spiro atoms. The molecule has 2 rings (SSSR count). The van der Waals surface area contributed by atoms with Crippen molar-refractivity contribution < 1.29 is 9.84 Å². The van der Waals surface area contributed by atoms with Gasteiger partial charge in [-0.3, -0.25) is 4.90 Å². The molecule has 2 aromatic rings. The third-order valence-electron chi connectivity index (χ3n) is 3.78. The van der Waals surface area contributed by atoms with Gasteiger partial charge in [-0.25, -0.2) is 0 Å². The zero-order valence-electron chi connectivity index (χ0n) is 14.3. The standard InChI is InChI=1S/C20H27NO2/c1-16(2)13-21(14-17-8-7-11-19(12-17)23-3)15-20(22)18-9-5-4-6-10-18/h4-12,16,20,22H,13-15H2,1-3H3/t20-/m1/s1. The summed E-state index contributed by atoms with van der Waals surface area (Å²) in [6.45, 7) is 6.78. The molecule has 1 atom stereocenters. The maximum absolute atomic E-state index is 10.5. The molecule has 3 heteroatoms. The lowest BCUT2D eigenvalue weighted by atomic mass is 10.1. The van der Waals surface area contributed by atoms with E-state index in [0.29, 0.717) is 12.5 Å². The van der Waals surface area contributed by atoms with Crippen LogP contribution in [-0.4, -0.2) is 30.2 Å². The SMILES string of the molecule is COc1cccc(CN(CC(C)C)C[C@@H](O)c2ccccc2)c1. The van der Waals surface area contributed by atoms with Crippen LogP contribution in [0, 0.1) is 5.92 Å². The van der Waals surface area contributed by atoms with E-state index in [1.165, 1.54) is 5.56 Å². The molecule has 0 aliphatic rings. The molecule has 0 unspecified atom stereocenters. The summed E-state index contributed by atoms with van der Waals surface area (Å²) in [6, 6.07) is 18.0. The number of hydrogen-bond donors (Lipinski definition) is 1. The lowest BCUT2D eigenvalue weighted by Crippen LogP contribution is -2.31. The van der Waals surface area contributed by atoms with E-state index < -0.39 is 6.10 Å². The quantitative estimate of drug-likeness (QED) is 0.802. The maximum Gasteiger partial charge on any atom is 0.119 e. The van der Waals surface area contributed by atoms with Crippen LogP contribution in [0.4, 0.5) is 0 Å². The Bertz CT molecular complexity index is 583. The van der Waals surface area contributed by atoms with Gasteiger partial charge in [0.1, 0.15) is 5.75 Å². The highest BCUT2D eigenvalue weighted by Crippen LogP contribution is 2.19. The molecule has 0 aromatic heterocycles. The molecule has 0 saturated carbocycles. The van der Waals surface area contributed by atoms with Crippen molar-refractivity contribution in [2.75, 3.05) is 20.2 Å². The Morgan fingerprint density at radius 1 is 1.00 bits per heavy atom. The highest BCUT2D eigenvalue weighted by Gasteiger charge is 2.15. The van der Waals surface area contributed by atoms with Gasteiger partial charge in [-0.1, -0.05) is 56.3 Å². The molecular formula is C20H27NO2. The first-order chi connectivity index (χ1) is 11.1. The van der Waals surface area contributed by atoms with E-state index in [-0.39, 0.29) is 0 Å². The first-order valence-electron chi connectivity index (χ1n) is 8.16. The Kier molecular flexibility index (Phi) is 6.63. The summed E-state index contributed by atoms with van der Waals surface area (Å²) in [4.78, 5) is 2.30. The van der Waals surface area contributed by atoms with Gasteiger partial charge >= 0.3 is 0 Å². The van der Waals surface area contributed by atoms with Crippen molar-refractivity contribution in [2.45, 2.75) is 26.5 Å². The Morgan fingerprint density at radius 2 is 1.74 bits per heavy atom. The van der Waals surface area contributed by atoms with E-state index in [2.05, 4.69) is 30.9 Å². The fraction of sp³-hybridized carbons (Fsp3) is 0.400. The van der Waals surface area contributed by atoms with E-state index in [4.69, 9.17) is 4.74 Å². The normalized spacial score (nSPS) is 12.6. The van der Waals surface area contributed by atoms with Crippen LogP contribution in [0.15, 0.2) is 54.6 Å². The topological polar surface area (TPSA) is 32.7 Å². The molecule has 0 fully saturated rings. The fourth-order valence-electron chi connectivity index (χ4n) is 2.77. The van der Waals surface area contributed by atoms with Crippen molar-refractivity contribution in [2.24, 2.45) is 5.92 Å².